The summed E-state index contributed by atoms with van der Waals surface area (Å²) in [4.78, 5) is 16.8. The molecule has 0 aliphatic carbocycles. The molecule has 1 aliphatic heterocycles. The topological polar surface area (TPSA) is 49.6 Å². The van der Waals surface area contributed by atoms with Crippen molar-refractivity contribution in [2.24, 2.45) is 0 Å². The number of benzene rings is 1. The monoisotopic (exact) mass is 295 g/mol. The van der Waals surface area contributed by atoms with Gasteiger partial charge in [-0.15, -0.1) is 0 Å². The van der Waals surface area contributed by atoms with Gasteiger partial charge in [0.05, 0.1) is 16.3 Å². The predicted octanol–water partition coefficient (Wildman–Crippen LogP) is 2.48. The zero-order valence-corrected chi connectivity index (χ0v) is 12.9. The van der Waals surface area contributed by atoms with Crippen LogP contribution in [0.2, 0.25) is 5.02 Å². The number of anilines is 1. The highest BCUT2D eigenvalue weighted by Crippen LogP contribution is 2.25. The second kappa shape index (κ2) is 6.46. The molecule has 4 nitrogen and oxygen atoms in total. The minimum absolute atomic E-state index is 0.0417. The first-order valence-electron chi connectivity index (χ1n) is 7.08. The van der Waals surface area contributed by atoms with Crippen molar-refractivity contribution in [3.05, 3.63) is 28.8 Å². The number of hydrogen-bond acceptors (Lipinski definition) is 3. The Kier molecular flexibility index (Phi) is 4.89. The highest BCUT2D eigenvalue weighted by molar-refractivity contribution is 6.33. The van der Waals surface area contributed by atoms with Crippen LogP contribution >= 0.6 is 11.6 Å². The zero-order valence-electron chi connectivity index (χ0n) is 12.1. The molecule has 0 saturated carbocycles. The van der Waals surface area contributed by atoms with Crippen molar-refractivity contribution in [1.29, 1.82) is 0 Å². The van der Waals surface area contributed by atoms with Gasteiger partial charge in [0.15, 0.2) is 0 Å². The maximum Gasteiger partial charge on any atom is 0.255 e. The van der Waals surface area contributed by atoms with E-state index in [1.807, 2.05) is 11.9 Å². The number of carbonyl (C=O) groups is 1. The van der Waals surface area contributed by atoms with Crippen molar-refractivity contribution in [1.82, 2.24) is 9.80 Å². The summed E-state index contributed by atoms with van der Waals surface area (Å²) in [7, 11) is 1.86. The van der Waals surface area contributed by atoms with Crippen molar-refractivity contribution < 1.29 is 4.79 Å². The number of rotatable bonds is 3. The molecule has 2 rings (SSSR count). The summed E-state index contributed by atoms with van der Waals surface area (Å²) in [6, 6.07) is 5.48. The molecule has 0 aromatic heterocycles. The summed E-state index contributed by atoms with van der Waals surface area (Å²) in [5.41, 5.74) is 6.78. The van der Waals surface area contributed by atoms with Crippen LogP contribution in [-0.2, 0) is 0 Å². The lowest BCUT2D eigenvalue weighted by Crippen LogP contribution is -2.45. The first-order chi connectivity index (χ1) is 9.54. The number of nitrogens with two attached hydrogens (primary N) is 1. The Labute approximate surface area is 125 Å². The number of halogens is 1. The van der Waals surface area contributed by atoms with E-state index in [2.05, 4.69) is 11.8 Å². The summed E-state index contributed by atoms with van der Waals surface area (Å²) < 4.78 is 0. The molecule has 0 radical (unpaired) electrons. The Morgan fingerprint density at radius 1 is 1.45 bits per heavy atom. The van der Waals surface area contributed by atoms with Gasteiger partial charge in [-0.25, -0.2) is 0 Å². The Bertz CT molecular complexity index is 484. The van der Waals surface area contributed by atoms with E-state index in [1.54, 1.807) is 18.2 Å². The highest BCUT2D eigenvalue weighted by Gasteiger charge is 2.26. The van der Waals surface area contributed by atoms with E-state index < -0.39 is 0 Å². The van der Waals surface area contributed by atoms with Gasteiger partial charge in [-0.3, -0.25) is 4.79 Å². The molecule has 0 bridgehead atoms. The van der Waals surface area contributed by atoms with E-state index >= 15 is 0 Å². The molecule has 2 N–H and O–H groups in total. The third-order valence-corrected chi connectivity index (χ3v) is 4.49. The van der Waals surface area contributed by atoms with Gasteiger partial charge >= 0.3 is 0 Å². The molecule has 0 unspecified atom stereocenters. The Morgan fingerprint density at radius 3 is 2.70 bits per heavy atom. The Morgan fingerprint density at radius 2 is 2.10 bits per heavy atom. The number of piperidine rings is 1. The van der Waals surface area contributed by atoms with Crippen LogP contribution < -0.4 is 5.73 Å². The Hall–Kier alpha value is -1.26. The lowest BCUT2D eigenvalue weighted by Gasteiger charge is -2.36. The van der Waals surface area contributed by atoms with Gasteiger partial charge in [0, 0.05) is 26.2 Å². The predicted molar refractivity (Wildman–Crippen MR) is 83.1 cm³/mol. The number of para-hydroxylation sites is 1. The molecule has 1 heterocycles. The van der Waals surface area contributed by atoms with Crippen molar-refractivity contribution in [2.45, 2.75) is 25.8 Å². The van der Waals surface area contributed by atoms with Crippen molar-refractivity contribution in [2.75, 3.05) is 32.4 Å². The van der Waals surface area contributed by atoms with Crippen LogP contribution in [0, 0.1) is 0 Å². The van der Waals surface area contributed by atoms with E-state index in [1.165, 1.54) is 0 Å². The van der Waals surface area contributed by atoms with Gasteiger partial charge in [0.1, 0.15) is 0 Å². The van der Waals surface area contributed by atoms with E-state index in [4.69, 9.17) is 17.3 Å². The van der Waals surface area contributed by atoms with Crippen LogP contribution in [-0.4, -0.2) is 48.4 Å². The second-order valence-electron chi connectivity index (χ2n) is 5.28. The normalized spacial score (nSPS) is 17.1. The molecule has 1 amide bonds. The number of likely N-dealkylation sites (tertiary alicyclic amines) is 1. The first kappa shape index (κ1) is 15.1. The molecule has 0 atom stereocenters. The minimum atomic E-state index is -0.0417. The smallest absolute Gasteiger partial charge is 0.255 e. The number of carbonyl (C=O) groups excluding carboxylic acids is 1. The molecular weight excluding hydrogens is 274 g/mol. The number of amides is 1. The van der Waals surface area contributed by atoms with Crippen molar-refractivity contribution in [3.63, 3.8) is 0 Å². The molecule has 110 valence electrons. The maximum absolute atomic E-state index is 12.5. The first-order valence-corrected chi connectivity index (χ1v) is 7.46. The molecule has 20 heavy (non-hydrogen) atoms. The SMILES string of the molecule is CCN1CCC(N(C)C(=O)c2cccc(Cl)c2N)CC1. The van der Waals surface area contributed by atoms with Crippen LogP contribution in [0.1, 0.15) is 30.1 Å². The van der Waals surface area contributed by atoms with E-state index in [-0.39, 0.29) is 11.9 Å². The average molecular weight is 296 g/mol. The molecule has 1 saturated heterocycles. The molecule has 5 heteroatoms. The van der Waals surface area contributed by atoms with Crippen LogP contribution in [0.3, 0.4) is 0 Å². The van der Waals surface area contributed by atoms with Crippen molar-refractivity contribution in [3.8, 4) is 0 Å². The van der Waals surface area contributed by atoms with Gasteiger partial charge in [-0.05, 0) is 31.5 Å². The van der Waals surface area contributed by atoms with Crippen LogP contribution in [0.15, 0.2) is 18.2 Å². The fraction of sp³-hybridized carbons (Fsp3) is 0.533. The zero-order chi connectivity index (χ0) is 14.7. The van der Waals surface area contributed by atoms with E-state index in [9.17, 15) is 4.79 Å². The van der Waals surface area contributed by atoms with Crippen LogP contribution in [0.4, 0.5) is 5.69 Å². The molecule has 1 aliphatic rings. The van der Waals surface area contributed by atoms with Gasteiger partial charge in [-0.2, -0.15) is 0 Å². The van der Waals surface area contributed by atoms with Gasteiger partial charge in [0.25, 0.3) is 5.91 Å². The maximum atomic E-state index is 12.5. The van der Waals surface area contributed by atoms with Gasteiger partial charge in [0.2, 0.25) is 0 Å². The second-order valence-corrected chi connectivity index (χ2v) is 5.69. The average Bonchev–Trinajstić information content (AvgIpc) is 2.48. The number of hydrogen-bond donors (Lipinski definition) is 1. The molecule has 1 aromatic carbocycles. The largest absolute Gasteiger partial charge is 0.397 e. The van der Waals surface area contributed by atoms with Gasteiger partial charge in [-0.1, -0.05) is 24.6 Å². The summed E-state index contributed by atoms with van der Waals surface area (Å²) in [6.07, 6.45) is 2.02. The standard InChI is InChI=1S/C15H22ClN3O/c1-3-19-9-7-11(8-10-19)18(2)15(20)12-5-4-6-13(16)14(12)17/h4-6,11H,3,7-10,17H2,1-2H3. The molecule has 1 aromatic rings. The molecule has 0 spiro atoms. The van der Waals surface area contributed by atoms with Crippen molar-refractivity contribution >= 4 is 23.2 Å². The quantitative estimate of drug-likeness (QED) is 0.872. The third kappa shape index (κ3) is 3.07. The lowest BCUT2D eigenvalue weighted by atomic mass is 10.0. The minimum Gasteiger partial charge on any atom is -0.397 e. The molecular formula is C15H22ClN3O. The summed E-state index contributed by atoms with van der Waals surface area (Å²) >= 11 is 5.98. The van der Waals surface area contributed by atoms with Gasteiger partial charge < -0.3 is 15.5 Å². The van der Waals surface area contributed by atoms with E-state index in [0.29, 0.717) is 16.3 Å². The Balaban J connectivity index is 2.07. The lowest BCUT2D eigenvalue weighted by molar-refractivity contribution is 0.0648. The number of nitrogens with zero attached hydrogens (tertiary/aromatic N) is 2. The summed E-state index contributed by atoms with van der Waals surface area (Å²) in [5.74, 6) is -0.0417. The summed E-state index contributed by atoms with van der Waals surface area (Å²) in [5, 5.41) is 0.435. The fourth-order valence-electron chi connectivity index (χ4n) is 2.70. The molecule has 1 fully saturated rings. The number of nitrogen functional groups attached to an aromatic ring is 1. The van der Waals surface area contributed by atoms with Crippen LogP contribution in [0.5, 0.6) is 0 Å². The van der Waals surface area contributed by atoms with Crippen LogP contribution in [0.25, 0.3) is 0 Å². The third-order valence-electron chi connectivity index (χ3n) is 4.16. The highest BCUT2D eigenvalue weighted by atomic mass is 35.5. The summed E-state index contributed by atoms with van der Waals surface area (Å²) in [6.45, 7) is 5.33. The fourth-order valence-corrected chi connectivity index (χ4v) is 2.88. The van der Waals surface area contributed by atoms with E-state index in [0.717, 1.165) is 32.5 Å².